The van der Waals surface area contributed by atoms with E-state index in [0.29, 0.717) is 39.3 Å². The summed E-state index contributed by atoms with van der Waals surface area (Å²) in [5, 5.41) is 18.2. The van der Waals surface area contributed by atoms with Crippen LogP contribution in [0.1, 0.15) is 11.8 Å². The molecule has 0 saturated carbocycles. The molecule has 4 aromatic rings. The number of hydrogen-bond donors (Lipinski definition) is 2. The average molecular weight is 399 g/mol. The van der Waals surface area contributed by atoms with E-state index in [0.717, 1.165) is 0 Å². The molecule has 1 unspecified atom stereocenters. The summed E-state index contributed by atoms with van der Waals surface area (Å²) in [5.41, 5.74) is 0.938. The van der Waals surface area contributed by atoms with Gasteiger partial charge in [-0.1, -0.05) is 11.6 Å². The summed E-state index contributed by atoms with van der Waals surface area (Å²) in [5.74, 6) is 1.97. The first-order chi connectivity index (χ1) is 13.6. The van der Waals surface area contributed by atoms with E-state index in [1.165, 1.54) is 23.2 Å². The van der Waals surface area contributed by atoms with Crippen molar-refractivity contribution in [2.75, 3.05) is 12.4 Å². The van der Waals surface area contributed by atoms with Gasteiger partial charge in [0.05, 0.1) is 30.7 Å². The number of ether oxygens (including phenoxy) is 2. The van der Waals surface area contributed by atoms with Crippen molar-refractivity contribution in [1.82, 2.24) is 24.6 Å². The van der Waals surface area contributed by atoms with Crippen LogP contribution in [0.15, 0.2) is 55.4 Å². The van der Waals surface area contributed by atoms with Crippen LogP contribution in [0.2, 0.25) is 5.02 Å². The SMILES string of the molecule is COc1ccc(NC(O)c2cc(Oc3cncc(Cl)c3)cn3ncnc23)nc1. The van der Waals surface area contributed by atoms with Crippen LogP contribution >= 0.6 is 11.6 Å². The molecule has 0 aromatic carbocycles. The second-order valence-electron chi connectivity index (χ2n) is 5.73. The van der Waals surface area contributed by atoms with Gasteiger partial charge in [-0.2, -0.15) is 5.10 Å². The Balaban J connectivity index is 1.64. The molecular formula is C18H15ClN6O3. The normalized spacial score (nSPS) is 12.0. The van der Waals surface area contributed by atoms with Crippen molar-refractivity contribution in [3.8, 4) is 17.2 Å². The van der Waals surface area contributed by atoms with Crippen LogP contribution in [0, 0.1) is 0 Å². The Kier molecular flexibility index (Phi) is 4.92. The van der Waals surface area contributed by atoms with Crippen molar-refractivity contribution in [3.63, 3.8) is 0 Å². The summed E-state index contributed by atoms with van der Waals surface area (Å²) in [4.78, 5) is 12.4. The number of fused-ring (bicyclic) bond motifs is 1. The van der Waals surface area contributed by atoms with Crippen LogP contribution in [0.5, 0.6) is 17.2 Å². The summed E-state index contributed by atoms with van der Waals surface area (Å²) in [7, 11) is 1.56. The second kappa shape index (κ2) is 7.67. The third kappa shape index (κ3) is 3.80. The van der Waals surface area contributed by atoms with Gasteiger partial charge in [0, 0.05) is 17.8 Å². The highest BCUT2D eigenvalue weighted by Gasteiger charge is 2.16. The second-order valence-corrected chi connectivity index (χ2v) is 6.17. The molecule has 4 rings (SSSR count). The Hall–Kier alpha value is -3.43. The van der Waals surface area contributed by atoms with Gasteiger partial charge in [-0.15, -0.1) is 0 Å². The minimum atomic E-state index is -1.10. The van der Waals surface area contributed by atoms with E-state index in [9.17, 15) is 5.11 Å². The van der Waals surface area contributed by atoms with Gasteiger partial charge in [-0.05, 0) is 18.2 Å². The Morgan fingerprint density at radius 2 is 2.00 bits per heavy atom. The van der Waals surface area contributed by atoms with Gasteiger partial charge < -0.3 is 19.9 Å². The van der Waals surface area contributed by atoms with Gasteiger partial charge in [0.15, 0.2) is 11.9 Å². The van der Waals surface area contributed by atoms with Crippen LogP contribution in [0.4, 0.5) is 5.82 Å². The van der Waals surface area contributed by atoms with E-state index in [1.54, 1.807) is 43.8 Å². The van der Waals surface area contributed by atoms with Crippen molar-refractivity contribution in [3.05, 3.63) is 66.0 Å². The lowest BCUT2D eigenvalue weighted by atomic mass is 10.2. The first-order valence-electron chi connectivity index (χ1n) is 8.19. The molecule has 1 atom stereocenters. The highest BCUT2D eigenvalue weighted by molar-refractivity contribution is 6.30. The largest absolute Gasteiger partial charge is 0.495 e. The monoisotopic (exact) mass is 398 g/mol. The van der Waals surface area contributed by atoms with E-state index in [-0.39, 0.29) is 0 Å². The Labute approximate surface area is 164 Å². The lowest BCUT2D eigenvalue weighted by Crippen LogP contribution is -2.12. The molecule has 142 valence electrons. The predicted octanol–water partition coefficient (Wildman–Crippen LogP) is 3.08. The fourth-order valence-electron chi connectivity index (χ4n) is 2.57. The molecule has 28 heavy (non-hydrogen) atoms. The smallest absolute Gasteiger partial charge is 0.163 e. The number of hydrogen-bond acceptors (Lipinski definition) is 8. The summed E-state index contributed by atoms with van der Waals surface area (Å²) >= 11 is 5.95. The topological polar surface area (TPSA) is 107 Å². The third-order valence-electron chi connectivity index (χ3n) is 3.85. The number of nitrogens with zero attached hydrogens (tertiary/aromatic N) is 5. The predicted molar refractivity (Wildman–Crippen MR) is 102 cm³/mol. The molecule has 0 aliphatic rings. The van der Waals surface area contributed by atoms with Gasteiger partial charge >= 0.3 is 0 Å². The fourth-order valence-corrected chi connectivity index (χ4v) is 2.74. The maximum atomic E-state index is 10.7. The average Bonchev–Trinajstić information content (AvgIpc) is 3.16. The van der Waals surface area contributed by atoms with Crippen LogP contribution in [0.25, 0.3) is 5.65 Å². The minimum Gasteiger partial charge on any atom is -0.495 e. The van der Waals surface area contributed by atoms with Crippen molar-refractivity contribution >= 4 is 23.1 Å². The molecule has 0 saturated heterocycles. The highest BCUT2D eigenvalue weighted by atomic mass is 35.5. The third-order valence-corrected chi connectivity index (χ3v) is 4.05. The molecule has 0 bridgehead atoms. The molecular weight excluding hydrogens is 384 g/mol. The van der Waals surface area contributed by atoms with E-state index >= 15 is 0 Å². The van der Waals surface area contributed by atoms with Crippen LogP contribution in [0.3, 0.4) is 0 Å². The quantitative estimate of drug-likeness (QED) is 0.477. The summed E-state index contributed by atoms with van der Waals surface area (Å²) in [6, 6.07) is 6.73. The number of aliphatic hydroxyl groups excluding tert-OH is 1. The molecule has 2 N–H and O–H groups in total. The van der Waals surface area contributed by atoms with E-state index < -0.39 is 6.23 Å². The Morgan fingerprint density at radius 1 is 1.11 bits per heavy atom. The number of anilines is 1. The molecule has 0 radical (unpaired) electrons. The van der Waals surface area contributed by atoms with Gasteiger partial charge in [-0.3, -0.25) is 4.98 Å². The van der Waals surface area contributed by atoms with Crippen molar-refractivity contribution in [1.29, 1.82) is 0 Å². The zero-order valence-electron chi connectivity index (χ0n) is 14.7. The van der Waals surface area contributed by atoms with Crippen molar-refractivity contribution < 1.29 is 14.6 Å². The lowest BCUT2D eigenvalue weighted by Gasteiger charge is -2.16. The van der Waals surface area contributed by atoms with Crippen LogP contribution in [-0.4, -0.2) is 36.8 Å². The Bertz CT molecular complexity index is 1100. The van der Waals surface area contributed by atoms with Crippen molar-refractivity contribution in [2.45, 2.75) is 6.23 Å². The molecule has 4 heterocycles. The van der Waals surface area contributed by atoms with Gasteiger partial charge in [-0.25, -0.2) is 14.5 Å². The van der Waals surface area contributed by atoms with E-state index in [1.807, 2.05) is 0 Å². The molecule has 9 nitrogen and oxygen atoms in total. The standard InChI is InChI=1S/C18H15ClN6O3/c1-27-12-2-3-16(21-8-12)24-18(26)15-5-14(9-25-17(15)22-10-23-25)28-13-4-11(19)6-20-7-13/h2-10,18,26H,1H3,(H,21,24). The van der Waals surface area contributed by atoms with Gasteiger partial charge in [0.1, 0.15) is 29.4 Å². The maximum absolute atomic E-state index is 10.7. The first kappa shape index (κ1) is 18.0. The summed E-state index contributed by atoms with van der Waals surface area (Å²) in [6.45, 7) is 0. The maximum Gasteiger partial charge on any atom is 0.163 e. The molecule has 4 aromatic heterocycles. The van der Waals surface area contributed by atoms with Crippen LogP contribution in [-0.2, 0) is 0 Å². The molecule has 0 aliphatic heterocycles. The lowest BCUT2D eigenvalue weighted by molar-refractivity contribution is 0.208. The zero-order chi connectivity index (χ0) is 19.5. The number of halogens is 1. The molecule has 0 spiro atoms. The summed E-state index contributed by atoms with van der Waals surface area (Å²) in [6.07, 6.45) is 6.53. The number of pyridine rings is 3. The molecule has 0 fully saturated rings. The number of aliphatic hydroxyl groups is 1. The minimum absolute atomic E-state index is 0.431. The van der Waals surface area contributed by atoms with E-state index in [2.05, 4.69) is 25.4 Å². The van der Waals surface area contributed by atoms with E-state index in [4.69, 9.17) is 21.1 Å². The first-order valence-corrected chi connectivity index (χ1v) is 8.56. The Morgan fingerprint density at radius 3 is 2.75 bits per heavy atom. The van der Waals surface area contributed by atoms with Gasteiger partial charge in [0.25, 0.3) is 0 Å². The molecule has 0 aliphatic carbocycles. The molecule has 0 amide bonds. The van der Waals surface area contributed by atoms with Gasteiger partial charge in [0.2, 0.25) is 0 Å². The number of methoxy groups -OCH3 is 1. The number of aromatic nitrogens is 5. The summed E-state index contributed by atoms with van der Waals surface area (Å²) < 4.78 is 12.4. The number of nitrogens with one attached hydrogen (secondary N) is 1. The fraction of sp³-hybridized carbons (Fsp3) is 0.111. The molecule has 10 heteroatoms. The zero-order valence-corrected chi connectivity index (χ0v) is 15.4. The van der Waals surface area contributed by atoms with Crippen LogP contribution < -0.4 is 14.8 Å². The highest BCUT2D eigenvalue weighted by Crippen LogP contribution is 2.28. The van der Waals surface area contributed by atoms with Crippen molar-refractivity contribution in [2.24, 2.45) is 0 Å². The number of rotatable bonds is 6.